The van der Waals surface area contributed by atoms with E-state index in [1.807, 2.05) is 6.92 Å². The third-order valence-corrected chi connectivity index (χ3v) is 4.97. The van der Waals surface area contributed by atoms with Gasteiger partial charge >= 0.3 is 0 Å². The number of nitrogens with two attached hydrogens (primary N) is 1. The molecular formula is C15H30ClN3O. The van der Waals surface area contributed by atoms with Gasteiger partial charge < -0.3 is 11.1 Å². The lowest BCUT2D eigenvalue weighted by atomic mass is 9.79. The van der Waals surface area contributed by atoms with Crippen molar-refractivity contribution in [3.05, 3.63) is 0 Å². The van der Waals surface area contributed by atoms with Gasteiger partial charge in [0.15, 0.2) is 0 Å². The van der Waals surface area contributed by atoms with Gasteiger partial charge in [-0.2, -0.15) is 0 Å². The number of amides is 1. The molecule has 1 heterocycles. The van der Waals surface area contributed by atoms with Gasteiger partial charge in [-0.25, -0.2) is 0 Å². The molecule has 1 saturated heterocycles. The Kier molecular flexibility index (Phi) is 6.29. The molecule has 0 spiro atoms. The highest BCUT2D eigenvalue weighted by molar-refractivity contribution is 5.85. The van der Waals surface area contributed by atoms with E-state index in [-0.39, 0.29) is 35.8 Å². The van der Waals surface area contributed by atoms with Crippen molar-refractivity contribution in [1.29, 1.82) is 0 Å². The molecule has 0 aromatic heterocycles. The lowest BCUT2D eigenvalue weighted by Crippen LogP contribution is -2.57. The number of hydrogen-bond acceptors (Lipinski definition) is 3. The fraction of sp³-hybridized carbons (Fsp3) is 0.933. The lowest BCUT2D eigenvalue weighted by molar-refractivity contribution is -0.127. The third-order valence-electron chi connectivity index (χ3n) is 4.97. The van der Waals surface area contributed by atoms with Crippen molar-refractivity contribution < 1.29 is 4.79 Å². The Balaban J connectivity index is 0.00000200. The minimum atomic E-state index is -0.0348. The fourth-order valence-electron chi connectivity index (χ4n) is 3.30. The van der Waals surface area contributed by atoms with Crippen LogP contribution in [-0.2, 0) is 4.79 Å². The average molecular weight is 304 g/mol. The summed E-state index contributed by atoms with van der Waals surface area (Å²) in [4.78, 5) is 14.6. The van der Waals surface area contributed by atoms with Crippen molar-refractivity contribution in [1.82, 2.24) is 10.2 Å². The quantitative estimate of drug-likeness (QED) is 0.837. The summed E-state index contributed by atoms with van der Waals surface area (Å²) < 4.78 is 0. The number of nitrogens with zero attached hydrogens (tertiary/aromatic N) is 1. The summed E-state index contributed by atoms with van der Waals surface area (Å²) in [6.07, 6.45) is 5.79. The summed E-state index contributed by atoms with van der Waals surface area (Å²) in [6.45, 7) is 8.27. The van der Waals surface area contributed by atoms with Gasteiger partial charge in [0.05, 0.1) is 6.04 Å². The maximum absolute atomic E-state index is 12.3. The number of nitrogens with one attached hydrogen (secondary N) is 1. The molecule has 0 aromatic carbocycles. The maximum atomic E-state index is 12.3. The van der Waals surface area contributed by atoms with E-state index in [0.717, 1.165) is 32.4 Å². The molecule has 5 heteroatoms. The Hall–Kier alpha value is -0.320. The van der Waals surface area contributed by atoms with Crippen molar-refractivity contribution in [2.45, 2.75) is 71.0 Å². The van der Waals surface area contributed by atoms with E-state index in [0.29, 0.717) is 6.04 Å². The molecule has 1 aliphatic heterocycles. The number of carbonyl (C=O) groups excluding carboxylic acids is 1. The fourth-order valence-corrected chi connectivity index (χ4v) is 3.30. The molecule has 0 aromatic rings. The van der Waals surface area contributed by atoms with Gasteiger partial charge in [-0.15, -0.1) is 12.4 Å². The largest absolute Gasteiger partial charge is 0.352 e. The van der Waals surface area contributed by atoms with E-state index in [1.165, 1.54) is 12.8 Å². The highest BCUT2D eigenvalue weighted by atomic mass is 35.5. The van der Waals surface area contributed by atoms with Crippen LogP contribution in [0.5, 0.6) is 0 Å². The Morgan fingerprint density at radius 2 is 1.90 bits per heavy atom. The summed E-state index contributed by atoms with van der Waals surface area (Å²) >= 11 is 0. The molecule has 118 valence electrons. The second kappa shape index (κ2) is 7.10. The van der Waals surface area contributed by atoms with Crippen LogP contribution in [0.25, 0.3) is 0 Å². The molecular weight excluding hydrogens is 274 g/mol. The van der Waals surface area contributed by atoms with E-state index in [1.54, 1.807) is 0 Å². The monoisotopic (exact) mass is 303 g/mol. The molecule has 1 aliphatic carbocycles. The molecule has 1 saturated carbocycles. The molecule has 2 atom stereocenters. The molecule has 4 nitrogen and oxygen atoms in total. The van der Waals surface area contributed by atoms with Crippen LogP contribution in [0.15, 0.2) is 0 Å². The SMILES string of the molecule is CC(C(=O)NC1CCCC1)N1CCC(N)C(C)(C)C1.Cl. The Morgan fingerprint density at radius 1 is 1.30 bits per heavy atom. The zero-order chi connectivity index (χ0) is 14.0. The Morgan fingerprint density at radius 3 is 2.45 bits per heavy atom. The molecule has 20 heavy (non-hydrogen) atoms. The third kappa shape index (κ3) is 4.09. The van der Waals surface area contributed by atoms with Gasteiger partial charge in [0.2, 0.25) is 5.91 Å². The minimum Gasteiger partial charge on any atom is -0.352 e. The second-order valence-electron chi connectivity index (χ2n) is 7.02. The van der Waals surface area contributed by atoms with Crippen molar-refractivity contribution in [3.8, 4) is 0 Å². The number of hydrogen-bond donors (Lipinski definition) is 2. The smallest absolute Gasteiger partial charge is 0.237 e. The van der Waals surface area contributed by atoms with Crippen molar-refractivity contribution in [3.63, 3.8) is 0 Å². The molecule has 0 bridgehead atoms. The first-order chi connectivity index (χ1) is 8.90. The van der Waals surface area contributed by atoms with Crippen molar-refractivity contribution in [2.24, 2.45) is 11.1 Å². The number of halogens is 1. The van der Waals surface area contributed by atoms with E-state index >= 15 is 0 Å². The summed E-state index contributed by atoms with van der Waals surface area (Å²) in [6, 6.07) is 0.622. The van der Waals surface area contributed by atoms with Crippen LogP contribution < -0.4 is 11.1 Å². The van der Waals surface area contributed by atoms with Gasteiger partial charge in [0, 0.05) is 25.2 Å². The zero-order valence-corrected chi connectivity index (χ0v) is 13.8. The molecule has 2 fully saturated rings. The summed E-state index contributed by atoms with van der Waals surface area (Å²) in [5.74, 6) is 0.193. The first kappa shape index (κ1) is 17.7. The van der Waals surface area contributed by atoms with E-state index < -0.39 is 0 Å². The van der Waals surface area contributed by atoms with Crippen LogP contribution in [0, 0.1) is 5.41 Å². The minimum absolute atomic E-state index is 0. The highest BCUT2D eigenvalue weighted by Crippen LogP contribution is 2.29. The van der Waals surface area contributed by atoms with Crippen LogP contribution in [0.4, 0.5) is 0 Å². The number of likely N-dealkylation sites (tertiary alicyclic amines) is 1. The topological polar surface area (TPSA) is 58.4 Å². The Bertz CT molecular complexity index is 329. The van der Waals surface area contributed by atoms with Gasteiger partial charge in [0.25, 0.3) is 0 Å². The number of piperidine rings is 1. The van der Waals surface area contributed by atoms with Crippen LogP contribution in [0.1, 0.15) is 52.9 Å². The van der Waals surface area contributed by atoms with E-state index in [9.17, 15) is 4.79 Å². The first-order valence-electron chi connectivity index (χ1n) is 7.70. The predicted octanol–water partition coefficient (Wildman–Crippen LogP) is 1.91. The molecule has 2 unspecified atom stereocenters. The van der Waals surface area contributed by atoms with Gasteiger partial charge in [-0.3, -0.25) is 9.69 Å². The Labute approximate surface area is 129 Å². The average Bonchev–Trinajstić information content (AvgIpc) is 2.84. The van der Waals surface area contributed by atoms with E-state index in [2.05, 4.69) is 24.1 Å². The van der Waals surface area contributed by atoms with Crippen LogP contribution >= 0.6 is 12.4 Å². The lowest BCUT2D eigenvalue weighted by Gasteiger charge is -2.44. The first-order valence-corrected chi connectivity index (χ1v) is 7.70. The zero-order valence-electron chi connectivity index (χ0n) is 13.0. The molecule has 1 amide bonds. The van der Waals surface area contributed by atoms with E-state index in [4.69, 9.17) is 5.73 Å². The second-order valence-corrected chi connectivity index (χ2v) is 7.02. The molecule has 3 N–H and O–H groups in total. The van der Waals surface area contributed by atoms with Crippen molar-refractivity contribution >= 4 is 18.3 Å². The number of rotatable bonds is 3. The molecule has 2 rings (SSSR count). The molecule has 0 radical (unpaired) electrons. The maximum Gasteiger partial charge on any atom is 0.237 e. The van der Waals surface area contributed by atoms with Crippen LogP contribution in [0.2, 0.25) is 0 Å². The van der Waals surface area contributed by atoms with Crippen molar-refractivity contribution in [2.75, 3.05) is 13.1 Å². The number of carbonyl (C=O) groups is 1. The summed E-state index contributed by atoms with van der Waals surface area (Å²) in [5.41, 5.74) is 6.25. The summed E-state index contributed by atoms with van der Waals surface area (Å²) in [7, 11) is 0. The van der Waals surface area contributed by atoms with Gasteiger partial charge in [-0.05, 0) is 31.6 Å². The van der Waals surface area contributed by atoms with Gasteiger partial charge in [-0.1, -0.05) is 26.7 Å². The normalized spacial score (nSPS) is 28.7. The van der Waals surface area contributed by atoms with Crippen LogP contribution in [-0.4, -0.2) is 42.0 Å². The van der Waals surface area contributed by atoms with Crippen LogP contribution in [0.3, 0.4) is 0 Å². The predicted molar refractivity (Wildman–Crippen MR) is 85.1 cm³/mol. The highest BCUT2D eigenvalue weighted by Gasteiger charge is 2.37. The van der Waals surface area contributed by atoms with Gasteiger partial charge in [0.1, 0.15) is 0 Å². The molecule has 2 aliphatic rings. The summed E-state index contributed by atoms with van der Waals surface area (Å²) in [5, 5.41) is 3.20. The standard InChI is InChI=1S/C15H29N3O.ClH/c1-11(14(19)17-12-6-4-5-7-12)18-9-8-13(16)15(2,3)10-18;/h11-13H,4-10,16H2,1-3H3,(H,17,19);1H.